The van der Waals surface area contributed by atoms with Crippen LogP contribution in [0.3, 0.4) is 0 Å². The van der Waals surface area contributed by atoms with Crippen LogP contribution >= 0.6 is 0 Å². The molecule has 8 heavy (non-hydrogen) atoms. The molecule has 0 bridgehead atoms. The van der Waals surface area contributed by atoms with Gasteiger partial charge in [0.25, 0.3) is 0 Å². The maximum absolute atomic E-state index is 4.78. The zero-order valence-corrected chi connectivity index (χ0v) is 5.77. The Balaban J connectivity index is 2.79. The van der Waals surface area contributed by atoms with Crippen molar-refractivity contribution in [2.45, 2.75) is 12.8 Å². The molecule has 0 N–H and O–H groups in total. The summed E-state index contributed by atoms with van der Waals surface area (Å²) < 4.78 is 4.78. The minimum atomic E-state index is 0.779. The molecule has 0 unspecified atom stereocenters. The molecule has 0 radical (unpaired) electrons. The zero-order valence-electron chi connectivity index (χ0n) is 4.83. The van der Waals surface area contributed by atoms with Gasteiger partial charge in [0.15, 0.2) is 0 Å². The third-order valence-corrected chi connectivity index (χ3v) is 0.870. The zero-order chi connectivity index (χ0) is 6.24. The van der Waals surface area contributed by atoms with Crippen molar-refractivity contribution >= 4 is 0 Å². The van der Waals surface area contributed by atoms with E-state index in [1.807, 2.05) is 0 Å². The molecule has 0 aromatic heterocycles. The number of ether oxygens (including phenoxy) is 1. The van der Waals surface area contributed by atoms with Crippen LogP contribution < -0.4 is 0 Å². The fraction of sp³-hybridized carbons (Fsp3) is 0.667. The predicted molar refractivity (Wildman–Crippen MR) is 28.9 cm³/mol. The van der Waals surface area contributed by atoms with Crippen LogP contribution in [0.1, 0.15) is 12.8 Å². The summed E-state index contributed by atoms with van der Waals surface area (Å²) in [7, 11) is 1.68. The molecule has 0 heterocycles. The standard InChI is InChI=1S/C6H9O.Cu/c1-3-4-5-6-7-2;/h4-6H2,2H3;. The third kappa shape index (κ3) is 6.04. The van der Waals surface area contributed by atoms with Crippen molar-refractivity contribution in [2.75, 3.05) is 13.7 Å². The molecular formula is C6H9CuO. The second kappa shape index (κ2) is 7.04. The average molecular weight is 161 g/mol. The quantitative estimate of drug-likeness (QED) is 0.339. The number of rotatable bonds is 3. The van der Waals surface area contributed by atoms with Crippen molar-refractivity contribution in [3.63, 3.8) is 0 Å². The van der Waals surface area contributed by atoms with Crippen LogP contribution in [0.4, 0.5) is 0 Å². The molecule has 0 atom stereocenters. The molecule has 0 rings (SSSR count). The Bertz CT molecular complexity index is 90.4. The maximum atomic E-state index is 4.78. The SMILES string of the molecule is COCCCC#[C][Cu]. The molecule has 0 saturated heterocycles. The first kappa shape index (κ1) is 8.04. The van der Waals surface area contributed by atoms with Crippen LogP contribution in [0.25, 0.3) is 0 Å². The average Bonchev–Trinajstić information content (AvgIpc) is 1.81. The first-order chi connectivity index (χ1) is 3.91. The van der Waals surface area contributed by atoms with Gasteiger partial charge in [-0.1, -0.05) is 0 Å². The van der Waals surface area contributed by atoms with Gasteiger partial charge < -0.3 is 0 Å². The van der Waals surface area contributed by atoms with Crippen molar-refractivity contribution in [1.29, 1.82) is 0 Å². The monoisotopic (exact) mass is 160 g/mol. The van der Waals surface area contributed by atoms with Crippen LogP contribution in [0, 0.1) is 10.7 Å². The van der Waals surface area contributed by atoms with E-state index in [4.69, 9.17) is 4.74 Å². The third-order valence-electron chi connectivity index (χ3n) is 0.704. The van der Waals surface area contributed by atoms with Crippen LogP contribution in [0.15, 0.2) is 0 Å². The predicted octanol–water partition coefficient (Wildman–Crippen LogP) is 0.921. The molecule has 0 amide bonds. The van der Waals surface area contributed by atoms with E-state index in [-0.39, 0.29) is 0 Å². The van der Waals surface area contributed by atoms with Gasteiger partial charge >= 0.3 is 58.0 Å². The van der Waals surface area contributed by atoms with Gasteiger partial charge in [0.05, 0.1) is 0 Å². The van der Waals surface area contributed by atoms with E-state index in [2.05, 4.69) is 26.8 Å². The van der Waals surface area contributed by atoms with Gasteiger partial charge in [0.1, 0.15) is 0 Å². The molecule has 1 nitrogen and oxygen atoms in total. The van der Waals surface area contributed by atoms with Gasteiger partial charge in [-0.15, -0.1) is 0 Å². The fourth-order valence-corrected chi connectivity index (χ4v) is 0.460. The molecule has 0 aromatic rings. The summed E-state index contributed by atoms with van der Waals surface area (Å²) >= 11 is 4.53. The summed E-state index contributed by atoms with van der Waals surface area (Å²) in [6, 6.07) is 0. The summed E-state index contributed by atoms with van der Waals surface area (Å²) in [5.41, 5.74) is 0. The van der Waals surface area contributed by atoms with E-state index in [1.165, 1.54) is 0 Å². The number of hydrogen-bond acceptors (Lipinski definition) is 1. The summed E-state index contributed by atoms with van der Waals surface area (Å²) in [5, 5.41) is 0. The first-order valence-corrected chi connectivity index (χ1v) is 2.92. The van der Waals surface area contributed by atoms with Gasteiger partial charge in [-0.25, -0.2) is 0 Å². The summed E-state index contributed by atoms with van der Waals surface area (Å²) in [5.74, 6) is 2.76. The summed E-state index contributed by atoms with van der Waals surface area (Å²) in [6.45, 7) is 0.779. The van der Waals surface area contributed by atoms with E-state index >= 15 is 0 Å². The van der Waals surface area contributed by atoms with E-state index in [0.29, 0.717) is 0 Å². The van der Waals surface area contributed by atoms with E-state index in [0.717, 1.165) is 19.4 Å². The Labute approximate surface area is 58.6 Å². The minimum absolute atomic E-state index is 0.779. The van der Waals surface area contributed by atoms with E-state index in [1.54, 1.807) is 7.11 Å². The van der Waals surface area contributed by atoms with Crippen LogP contribution in [0.2, 0.25) is 0 Å². The topological polar surface area (TPSA) is 9.23 Å². The van der Waals surface area contributed by atoms with Gasteiger partial charge in [0.2, 0.25) is 0 Å². The fourth-order valence-electron chi connectivity index (χ4n) is 0.343. The van der Waals surface area contributed by atoms with Crippen molar-refractivity contribution in [1.82, 2.24) is 0 Å². The van der Waals surface area contributed by atoms with Gasteiger partial charge in [-0.3, -0.25) is 0 Å². The molecule has 50 valence electrons. The second-order valence-corrected chi connectivity index (χ2v) is 1.58. The summed E-state index contributed by atoms with van der Waals surface area (Å²) in [4.78, 5) is 2.38. The molecule has 2 heteroatoms. The Hall–Kier alpha value is 0.0395. The molecule has 0 aliphatic heterocycles. The molecule has 0 aromatic carbocycles. The second-order valence-electron chi connectivity index (χ2n) is 1.35. The van der Waals surface area contributed by atoms with Crippen molar-refractivity contribution in [3.05, 3.63) is 0 Å². The Morgan fingerprint density at radius 2 is 2.38 bits per heavy atom. The van der Waals surface area contributed by atoms with Crippen LogP contribution in [-0.4, -0.2) is 13.7 Å². The molecule has 0 fully saturated rings. The Kier molecular flexibility index (Phi) is 7.07. The van der Waals surface area contributed by atoms with Crippen molar-refractivity contribution in [3.8, 4) is 10.7 Å². The van der Waals surface area contributed by atoms with Crippen LogP contribution in [-0.2, 0) is 20.7 Å². The van der Waals surface area contributed by atoms with E-state index < -0.39 is 0 Å². The molecule has 0 aliphatic rings. The molecule has 0 saturated carbocycles. The Morgan fingerprint density at radius 3 is 2.88 bits per heavy atom. The van der Waals surface area contributed by atoms with Gasteiger partial charge in [-0.05, 0) is 0 Å². The van der Waals surface area contributed by atoms with Crippen molar-refractivity contribution in [2.24, 2.45) is 0 Å². The molecule has 0 spiro atoms. The number of methoxy groups -OCH3 is 1. The normalized spacial score (nSPS) is 7.88. The van der Waals surface area contributed by atoms with Gasteiger partial charge in [-0.2, -0.15) is 0 Å². The van der Waals surface area contributed by atoms with Gasteiger partial charge in [0, 0.05) is 0 Å². The molecule has 0 aliphatic carbocycles. The van der Waals surface area contributed by atoms with E-state index in [9.17, 15) is 0 Å². The van der Waals surface area contributed by atoms with Crippen molar-refractivity contribution < 1.29 is 20.7 Å². The summed E-state index contributed by atoms with van der Waals surface area (Å²) in [6.07, 6.45) is 1.84. The first-order valence-electron chi connectivity index (χ1n) is 2.45. The Morgan fingerprint density at radius 1 is 1.62 bits per heavy atom. The number of hydrogen-bond donors (Lipinski definition) is 0. The van der Waals surface area contributed by atoms with Crippen LogP contribution in [0.5, 0.6) is 0 Å². The number of unbranched alkanes of at least 4 members (excludes halogenated alkanes) is 1. The molecular weight excluding hydrogens is 152 g/mol.